The van der Waals surface area contributed by atoms with E-state index in [0.717, 1.165) is 36.5 Å². The summed E-state index contributed by atoms with van der Waals surface area (Å²) in [5.41, 5.74) is 4.16. The predicted molar refractivity (Wildman–Crippen MR) is 167 cm³/mol. The van der Waals surface area contributed by atoms with Crippen molar-refractivity contribution >= 4 is 11.8 Å². The molecular formula is C35H45F2N3O3. The van der Waals surface area contributed by atoms with Gasteiger partial charge in [0.05, 0.1) is 12.1 Å². The second-order valence-corrected chi connectivity index (χ2v) is 11.1. The maximum atomic E-state index is 14.0. The fourth-order valence-electron chi connectivity index (χ4n) is 5.17. The fraction of sp³-hybridized carbons (Fsp3) is 0.429. The molecule has 232 valence electrons. The molecule has 0 bridgehead atoms. The van der Waals surface area contributed by atoms with Gasteiger partial charge in [-0.1, -0.05) is 45.0 Å². The van der Waals surface area contributed by atoms with Crippen LogP contribution in [-0.4, -0.2) is 53.6 Å². The minimum Gasteiger partial charge on any atom is -0.391 e. The molecule has 2 atom stereocenters. The summed E-state index contributed by atoms with van der Waals surface area (Å²) in [6, 6.07) is 15.7. The SMILES string of the molecule is CCCN(CCC)C(=O)c1cc(C)cc(C(=O)N[C@@H](Cc2cc(F)cc(F)c2)[C@H](O)CCNCc2ccc(CC)cc2)c1. The number of benzene rings is 3. The Labute approximate surface area is 254 Å². The lowest BCUT2D eigenvalue weighted by atomic mass is 9.97. The first-order chi connectivity index (χ1) is 20.6. The van der Waals surface area contributed by atoms with Gasteiger partial charge in [-0.25, -0.2) is 8.78 Å². The Morgan fingerprint density at radius 3 is 2.05 bits per heavy atom. The van der Waals surface area contributed by atoms with E-state index in [1.54, 1.807) is 23.1 Å². The molecule has 0 saturated heterocycles. The fourth-order valence-corrected chi connectivity index (χ4v) is 5.17. The molecule has 0 spiro atoms. The first-order valence-electron chi connectivity index (χ1n) is 15.3. The molecule has 8 heteroatoms. The standard InChI is InChI=1S/C35H45F2N3O3/c1-5-14-40(15-6-2)35(43)29-17-24(4)16-28(21-29)34(42)39-32(20-27-18-30(36)22-31(37)19-27)33(41)12-13-38-23-26-10-8-25(7-3)9-11-26/h8-11,16-19,21-22,32-33,38,41H,5-7,12-15,20,23H2,1-4H3,(H,39,42)/t32-,33+/m0/s1. The van der Waals surface area contributed by atoms with Crippen molar-refractivity contribution in [2.45, 2.75) is 78.5 Å². The van der Waals surface area contributed by atoms with Gasteiger partial charge in [-0.3, -0.25) is 9.59 Å². The topological polar surface area (TPSA) is 81.7 Å². The average Bonchev–Trinajstić information content (AvgIpc) is 2.97. The van der Waals surface area contributed by atoms with Gasteiger partial charge in [0.1, 0.15) is 11.6 Å². The van der Waals surface area contributed by atoms with Crippen molar-refractivity contribution in [3.05, 3.63) is 106 Å². The first kappa shape index (κ1) is 33.9. The van der Waals surface area contributed by atoms with Crippen LogP contribution in [0.25, 0.3) is 0 Å². The van der Waals surface area contributed by atoms with Crippen LogP contribution in [0.2, 0.25) is 0 Å². The van der Waals surface area contributed by atoms with E-state index in [0.29, 0.717) is 43.7 Å². The van der Waals surface area contributed by atoms with E-state index >= 15 is 0 Å². The number of aryl methyl sites for hydroxylation is 2. The largest absolute Gasteiger partial charge is 0.391 e. The number of carbonyl (C=O) groups is 2. The summed E-state index contributed by atoms with van der Waals surface area (Å²) >= 11 is 0. The number of hydrogen-bond acceptors (Lipinski definition) is 4. The zero-order chi connectivity index (χ0) is 31.4. The lowest BCUT2D eigenvalue weighted by molar-refractivity contribution is 0.0755. The van der Waals surface area contributed by atoms with Crippen LogP contribution in [0.1, 0.15) is 83.0 Å². The highest BCUT2D eigenvalue weighted by Crippen LogP contribution is 2.17. The quantitative estimate of drug-likeness (QED) is 0.179. The van der Waals surface area contributed by atoms with E-state index in [2.05, 4.69) is 41.8 Å². The molecule has 0 aliphatic heterocycles. The monoisotopic (exact) mass is 593 g/mol. The van der Waals surface area contributed by atoms with Gasteiger partial charge in [0.25, 0.3) is 11.8 Å². The third-order valence-electron chi connectivity index (χ3n) is 7.40. The number of halogens is 2. The van der Waals surface area contributed by atoms with Gasteiger partial charge in [0.15, 0.2) is 0 Å². The Hall–Kier alpha value is -3.62. The lowest BCUT2D eigenvalue weighted by Crippen LogP contribution is -2.46. The van der Waals surface area contributed by atoms with Crippen molar-refractivity contribution < 1.29 is 23.5 Å². The molecule has 3 aromatic carbocycles. The highest BCUT2D eigenvalue weighted by Gasteiger charge is 2.24. The van der Waals surface area contributed by atoms with Crippen LogP contribution in [0.4, 0.5) is 8.78 Å². The number of carbonyl (C=O) groups excluding carboxylic acids is 2. The minimum atomic E-state index is -0.999. The number of aliphatic hydroxyl groups is 1. The van der Waals surface area contributed by atoms with E-state index in [-0.39, 0.29) is 17.9 Å². The van der Waals surface area contributed by atoms with Gasteiger partial charge < -0.3 is 20.6 Å². The van der Waals surface area contributed by atoms with Crippen molar-refractivity contribution in [3.8, 4) is 0 Å². The van der Waals surface area contributed by atoms with E-state index in [1.807, 2.05) is 20.8 Å². The Morgan fingerprint density at radius 2 is 1.44 bits per heavy atom. The van der Waals surface area contributed by atoms with Gasteiger partial charge in [-0.15, -0.1) is 0 Å². The van der Waals surface area contributed by atoms with Gasteiger partial charge in [0, 0.05) is 36.8 Å². The number of aliphatic hydroxyl groups excluding tert-OH is 1. The van der Waals surface area contributed by atoms with Crippen molar-refractivity contribution in [1.29, 1.82) is 0 Å². The third-order valence-corrected chi connectivity index (χ3v) is 7.40. The molecule has 0 unspecified atom stereocenters. The van der Waals surface area contributed by atoms with Gasteiger partial charge >= 0.3 is 0 Å². The maximum absolute atomic E-state index is 14.0. The number of nitrogens with one attached hydrogen (secondary N) is 2. The smallest absolute Gasteiger partial charge is 0.253 e. The van der Waals surface area contributed by atoms with Crippen LogP contribution < -0.4 is 10.6 Å². The van der Waals surface area contributed by atoms with Crippen molar-refractivity contribution in [1.82, 2.24) is 15.5 Å². The Bertz CT molecular complexity index is 1320. The second-order valence-electron chi connectivity index (χ2n) is 11.1. The zero-order valence-corrected chi connectivity index (χ0v) is 25.8. The molecule has 2 amide bonds. The number of rotatable bonds is 16. The predicted octanol–water partition coefficient (Wildman–Crippen LogP) is 5.98. The molecule has 6 nitrogen and oxygen atoms in total. The molecule has 0 fully saturated rings. The molecule has 0 radical (unpaired) electrons. The number of hydrogen-bond donors (Lipinski definition) is 3. The Balaban J connectivity index is 1.75. The molecule has 0 aliphatic carbocycles. The molecule has 0 aliphatic rings. The van der Waals surface area contributed by atoms with Gasteiger partial charge in [0.2, 0.25) is 0 Å². The average molecular weight is 594 g/mol. The Kier molecular flexibility index (Phi) is 13.3. The van der Waals surface area contributed by atoms with Gasteiger partial charge in [-0.05, 0) is 98.2 Å². The van der Waals surface area contributed by atoms with E-state index in [4.69, 9.17) is 0 Å². The normalized spacial score (nSPS) is 12.5. The Morgan fingerprint density at radius 1 is 0.837 bits per heavy atom. The molecule has 3 aromatic rings. The maximum Gasteiger partial charge on any atom is 0.253 e. The van der Waals surface area contributed by atoms with Crippen LogP contribution in [0.5, 0.6) is 0 Å². The van der Waals surface area contributed by atoms with Crippen LogP contribution in [0.15, 0.2) is 60.7 Å². The molecule has 0 aromatic heterocycles. The summed E-state index contributed by atoms with van der Waals surface area (Å²) < 4.78 is 27.9. The van der Waals surface area contributed by atoms with E-state index in [9.17, 15) is 23.5 Å². The highest BCUT2D eigenvalue weighted by molar-refractivity contribution is 6.00. The number of amides is 2. The summed E-state index contributed by atoms with van der Waals surface area (Å²) in [5, 5.41) is 17.3. The van der Waals surface area contributed by atoms with E-state index in [1.165, 1.54) is 17.7 Å². The van der Waals surface area contributed by atoms with Crippen LogP contribution >= 0.6 is 0 Å². The lowest BCUT2D eigenvalue weighted by Gasteiger charge is -2.25. The first-order valence-corrected chi connectivity index (χ1v) is 15.3. The zero-order valence-electron chi connectivity index (χ0n) is 25.8. The van der Waals surface area contributed by atoms with E-state index < -0.39 is 29.7 Å². The third kappa shape index (κ3) is 10.6. The summed E-state index contributed by atoms with van der Waals surface area (Å²) in [7, 11) is 0. The van der Waals surface area contributed by atoms with Crippen molar-refractivity contribution in [2.24, 2.45) is 0 Å². The minimum absolute atomic E-state index is 0.0262. The summed E-state index contributed by atoms with van der Waals surface area (Å²) in [6.45, 7) is 10.3. The number of nitrogens with zero attached hydrogens (tertiary/aromatic N) is 1. The molecule has 3 N–H and O–H groups in total. The van der Waals surface area contributed by atoms with Crippen LogP contribution in [-0.2, 0) is 19.4 Å². The van der Waals surface area contributed by atoms with Crippen molar-refractivity contribution in [3.63, 3.8) is 0 Å². The molecule has 0 saturated carbocycles. The highest BCUT2D eigenvalue weighted by atomic mass is 19.1. The summed E-state index contributed by atoms with van der Waals surface area (Å²) in [6.07, 6.45) is 1.95. The summed E-state index contributed by atoms with van der Waals surface area (Å²) in [4.78, 5) is 28.5. The van der Waals surface area contributed by atoms with Gasteiger partial charge in [-0.2, -0.15) is 0 Å². The van der Waals surface area contributed by atoms with Crippen LogP contribution in [0, 0.1) is 18.6 Å². The summed E-state index contributed by atoms with van der Waals surface area (Å²) in [5.74, 6) is -2.06. The molecule has 0 heterocycles. The molecule has 3 rings (SSSR count). The van der Waals surface area contributed by atoms with Crippen LogP contribution in [0.3, 0.4) is 0 Å². The second kappa shape index (κ2) is 16.9. The molecular weight excluding hydrogens is 548 g/mol. The van der Waals surface area contributed by atoms with Crippen molar-refractivity contribution in [2.75, 3.05) is 19.6 Å². The molecule has 43 heavy (non-hydrogen) atoms.